The second-order valence-corrected chi connectivity index (χ2v) is 6.72. The van der Waals surface area contributed by atoms with E-state index in [0.29, 0.717) is 0 Å². The zero-order valence-electron chi connectivity index (χ0n) is 11.0. The lowest BCUT2D eigenvalue weighted by Gasteiger charge is -2.47. The molecular formula is C15H27NO. The average molecular weight is 237 g/mol. The Kier molecular flexibility index (Phi) is 3.20. The highest BCUT2D eigenvalue weighted by molar-refractivity contribution is 5.00. The quantitative estimate of drug-likeness (QED) is 0.758. The fraction of sp³-hybridized carbons (Fsp3) is 1.00. The molecule has 1 saturated heterocycles. The van der Waals surface area contributed by atoms with Crippen LogP contribution in [0.15, 0.2) is 0 Å². The van der Waals surface area contributed by atoms with E-state index in [1.54, 1.807) is 0 Å². The van der Waals surface area contributed by atoms with E-state index in [2.05, 4.69) is 0 Å². The van der Waals surface area contributed by atoms with Crippen molar-refractivity contribution in [1.82, 2.24) is 0 Å². The first-order valence-electron chi connectivity index (χ1n) is 7.65. The zero-order valence-corrected chi connectivity index (χ0v) is 11.0. The van der Waals surface area contributed by atoms with Crippen molar-refractivity contribution < 1.29 is 4.74 Å². The van der Waals surface area contributed by atoms with Crippen LogP contribution in [0.5, 0.6) is 0 Å². The van der Waals surface area contributed by atoms with Gasteiger partial charge in [0.05, 0.1) is 5.60 Å². The summed E-state index contributed by atoms with van der Waals surface area (Å²) in [7, 11) is 0. The molecule has 0 aromatic carbocycles. The predicted molar refractivity (Wildman–Crippen MR) is 69.9 cm³/mol. The van der Waals surface area contributed by atoms with E-state index in [4.69, 9.17) is 10.5 Å². The van der Waals surface area contributed by atoms with Gasteiger partial charge in [-0.05, 0) is 44.4 Å². The summed E-state index contributed by atoms with van der Waals surface area (Å²) < 4.78 is 6.14. The third-order valence-electron chi connectivity index (χ3n) is 5.61. The Morgan fingerprint density at radius 1 is 0.882 bits per heavy atom. The minimum Gasteiger partial charge on any atom is -0.375 e. The first kappa shape index (κ1) is 12.0. The van der Waals surface area contributed by atoms with Crippen molar-refractivity contribution in [2.24, 2.45) is 11.7 Å². The lowest BCUT2D eigenvalue weighted by molar-refractivity contribution is -0.108. The van der Waals surface area contributed by atoms with Gasteiger partial charge in [-0.2, -0.15) is 0 Å². The summed E-state index contributed by atoms with van der Waals surface area (Å²) in [6, 6.07) is 0. The highest BCUT2D eigenvalue weighted by Gasteiger charge is 2.46. The average Bonchev–Trinajstić information content (AvgIpc) is 2.78. The minimum absolute atomic E-state index is 0.150. The molecule has 1 atom stereocenters. The molecule has 2 nitrogen and oxygen atoms in total. The van der Waals surface area contributed by atoms with Crippen LogP contribution in [-0.2, 0) is 4.74 Å². The number of rotatable bonds is 1. The van der Waals surface area contributed by atoms with E-state index < -0.39 is 0 Å². The molecule has 3 aliphatic rings. The molecule has 2 heteroatoms. The van der Waals surface area contributed by atoms with Gasteiger partial charge >= 0.3 is 0 Å². The number of hydrogen-bond acceptors (Lipinski definition) is 2. The topological polar surface area (TPSA) is 35.2 Å². The Morgan fingerprint density at radius 2 is 1.53 bits per heavy atom. The van der Waals surface area contributed by atoms with E-state index in [1.165, 1.54) is 70.6 Å². The standard InChI is InChI=1S/C15H27NO/c16-15(9-2-1-3-10-15)13-6-11-17-14(12-13)7-4-5-8-14/h13H,1-12,16H2. The van der Waals surface area contributed by atoms with Gasteiger partial charge in [0.25, 0.3) is 0 Å². The Bertz CT molecular complexity index is 264. The van der Waals surface area contributed by atoms with E-state index >= 15 is 0 Å². The van der Waals surface area contributed by atoms with Crippen molar-refractivity contribution in [2.75, 3.05) is 6.61 Å². The van der Waals surface area contributed by atoms with Crippen LogP contribution in [-0.4, -0.2) is 17.7 Å². The highest BCUT2D eigenvalue weighted by Crippen LogP contribution is 2.47. The molecule has 0 bridgehead atoms. The number of nitrogens with two attached hydrogens (primary N) is 1. The van der Waals surface area contributed by atoms with Crippen LogP contribution in [0.4, 0.5) is 0 Å². The molecule has 0 aromatic rings. The van der Waals surface area contributed by atoms with Gasteiger partial charge in [0, 0.05) is 12.1 Å². The number of ether oxygens (including phenoxy) is 1. The maximum Gasteiger partial charge on any atom is 0.0685 e. The van der Waals surface area contributed by atoms with Gasteiger partial charge in [-0.3, -0.25) is 0 Å². The van der Waals surface area contributed by atoms with Crippen LogP contribution in [0.2, 0.25) is 0 Å². The Morgan fingerprint density at radius 3 is 2.24 bits per heavy atom. The summed E-state index contributed by atoms with van der Waals surface area (Å²) in [4.78, 5) is 0. The molecule has 98 valence electrons. The van der Waals surface area contributed by atoms with E-state index in [0.717, 1.165) is 12.5 Å². The highest BCUT2D eigenvalue weighted by atomic mass is 16.5. The second-order valence-electron chi connectivity index (χ2n) is 6.72. The smallest absolute Gasteiger partial charge is 0.0685 e. The molecule has 1 aliphatic heterocycles. The molecule has 3 fully saturated rings. The summed E-state index contributed by atoms with van der Waals surface area (Å²) in [5.74, 6) is 0.731. The van der Waals surface area contributed by atoms with Crippen molar-refractivity contribution in [2.45, 2.75) is 81.8 Å². The number of hydrogen-bond donors (Lipinski definition) is 1. The molecular weight excluding hydrogens is 210 g/mol. The van der Waals surface area contributed by atoms with E-state index in [1.807, 2.05) is 0 Å². The van der Waals surface area contributed by atoms with Crippen LogP contribution < -0.4 is 5.73 Å². The van der Waals surface area contributed by atoms with Crippen molar-refractivity contribution in [3.63, 3.8) is 0 Å². The zero-order chi connectivity index (χ0) is 11.8. The molecule has 0 amide bonds. The molecule has 2 N–H and O–H groups in total. The van der Waals surface area contributed by atoms with Crippen molar-refractivity contribution >= 4 is 0 Å². The Balaban J connectivity index is 1.70. The molecule has 0 aromatic heterocycles. The lowest BCUT2D eigenvalue weighted by atomic mass is 9.67. The summed E-state index contributed by atoms with van der Waals surface area (Å²) >= 11 is 0. The Hall–Kier alpha value is -0.0800. The SMILES string of the molecule is NC1(C2CCOC3(CCCC3)C2)CCCCC1. The van der Waals surface area contributed by atoms with Crippen LogP contribution in [0.25, 0.3) is 0 Å². The van der Waals surface area contributed by atoms with Crippen LogP contribution in [0.3, 0.4) is 0 Å². The van der Waals surface area contributed by atoms with Crippen LogP contribution in [0, 0.1) is 5.92 Å². The summed E-state index contributed by atoms with van der Waals surface area (Å²) in [6.45, 7) is 0.962. The first-order valence-corrected chi connectivity index (χ1v) is 7.65. The maximum absolute atomic E-state index is 6.73. The van der Waals surface area contributed by atoms with E-state index in [-0.39, 0.29) is 11.1 Å². The normalized spacial score (nSPS) is 36.2. The fourth-order valence-corrected chi connectivity index (χ4v) is 4.50. The molecule has 1 heterocycles. The first-order chi connectivity index (χ1) is 8.23. The molecule has 2 saturated carbocycles. The predicted octanol–water partition coefficient (Wildman–Crippen LogP) is 3.39. The van der Waals surface area contributed by atoms with Crippen LogP contribution >= 0.6 is 0 Å². The van der Waals surface area contributed by atoms with Gasteiger partial charge in [-0.25, -0.2) is 0 Å². The van der Waals surface area contributed by atoms with Crippen molar-refractivity contribution in [3.05, 3.63) is 0 Å². The molecule has 17 heavy (non-hydrogen) atoms. The second kappa shape index (κ2) is 4.55. The van der Waals surface area contributed by atoms with Gasteiger partial charge in [0.2, 0.25) is 0 Å². The van der Waals surface area contributed by atoms with Crippen LogP contribution in [0.1, 0.15) is 70.6 Å². The summed E-state index contributed by atoms with van der Waals surface area (Å²) in [6.07, 6.45) is 14.4. The maximum atomic E-state index is 6.73. The van der Waals surface area contributed by atoms with Crippen molar-refractivity contribution in [1.29, 1.82) is 0 Å². The fourth-order valence-electron chi connectivity index (χ4n) is 4.50. The monoisotopic (exact) mass is 237 g/mol. The van der Waals surface area contributed by atoms with Gasteiger partial charge in [-0.15, -0.1) is 0 Å². The Labute approximate surface area is 105 Å². The summed E-state index contributed by atoms with van der Waals surface area (Å²) in [5, 5.41) is 0. The van der Waals surface area contributed by atoms with E-state index in [9.17, 15) is 0 Å². The van der Waals surface area contributed by atoms with Crippen molar-refractivity contribution in [3.8, 4) is 0 Å². The molecule has 1 spiro atoms. The lowest BCUT2D eigenvalue weighted by Crippen LogP contribution is -2.53. The summed E-state index contributed by atoms with van der Waals surface area (Å²) in [5.41, 5.74) is 7.12. The van der Waals surface area contributed by atoms with Gasteiger partial charge in [0.1, 0.15) is 0 Å². The third-order valence-corrected chi connectivity index (χ3v) is 5.61. The van der Waals surface area contributed by atoms with Gasteiger partial charge in [0.15, 0.2) is 0 Å². The molecule has 1 unspecified atom stereocenters. The molecule has 2 aliphatic carbocycles. The minimum atomic E-state index is 0.150. The van der Waals surface area contributed by atoms with Gasteiger partial charge in [-0.1, -0.05) is 32.1 Å². The molecule has 0 radical (unpaired) electrons. The largest absolute Gasteiger partial charge is 0.375 e. The van der Waals surface area contributed by atoms with Gasteiger partial charge < -0.3 is 10.5 Å². The third kappa shape index (κ3) is 2.26. The molecule has 3 rings (SSSR count).